The number of ether oxygens (including phenoxy) is 1. The van der Waals surface area contributed by atoms with Gasteiger partial charge in [-0.1, -0.05) is 11.4 Å². The summed E-state index contributed by atoms with van der Waals surface area (Å²) in [5.74, 6) is 0.734. The van der Waals surface area contributed by atoms with Crippen molar-refractivity contribution in [3.63, 3.8) is 0 Å². The first-order valence-electron chi connectivity index (χ1n) is 6.55. The molecule has 3 rings (SSSR count). The molecule has 1 amide bonds. The molecular formula is C13H15N3O3S. The summed E-state index contributed by atoms with van der Waals surface area (Å²) in [6.07, 6.45) is 2.12. The molecule has 1 atom stereocenters. The molecule has 3 heterocycles. The molecule has 0 spiro atoms. The Kier molecular flexibility index (Phi) is 3.79. The van der Waals surface area contributed by atoms with Crippen LogP contribution in [0.2, 0.25) is 0 Å². The smallest absolute Gasteiger partial charge is 0.267 e. The van der Waals surface area contributed by atoms with E-state index in [1.807, 2.05) is 19.1 Å². The highest BCUT2D eigenvalue weighted by Gasteiger charge is 2.29. The monoisotopic (exact) mass is 293 g/mol. The van der Waals surface area contributed by atoms with Crippen LogP contribution >= 0.6 is 11.5 Å². The van der Waals surface area contributed by atoms with Crippen molar-refractivity contribution < 1.29 is 13.9 Å². The molecule has 2 aromatic heterocycles. The molecule has 0 saturated carbocycles. The maximum atomic E-state index is 12.5. The normalized spacial score (nSPS) is 19.2. The third-order valence-corrected chi connectivity index (χ3v) is 4.06. The van der Waals surface area contributed by atoms with Crippen LogP contribution in [0.1, 0.15) is 34.2 Å². The average Bonchev–Trinajstić information content (AvgIpc) is 3.17. The van der Waals surface area contributed by atoms with Gasteiger partial charge in [-0.05, 0) is 30.1 Å². The minimum Gasteiger partial charge on any atom is -0.467 e. The Morgan fingerprint density at radius 2 is 2.50 bits per heavy atom. The van der Waals surface area contributed by atoms with Crippen LogP contribution in [-0.4, -0.2) is 40.1 Å². The Morgan fingerprint density at radius 3 is 3.25 bits per heavy atom. The van der Waals surface area contributed by atoms with Crippen LogP contribution in [0.4, 0.5) is 0 Å². The fourth-order valence-corrected chi connectivity index (χ4v) is 2.95. The number of furan rings is 1. The number of carbonyl (C=O) groups excluding carboxylic acids is 1. The van der Waals surface area contributed by atoms with Gasteiger partial charge in [0.1, 0.15) is 16.7 Å². The lowest BCUT2D eigenvalue weighted by Crippen LogP contribution is -2.42. The molecule has 2 aromatic rings. The zero-order valence-corrected chi connectivity index (χ0v) is 11.9. The number of hydrogen-bond donors (Lipinski definition) is 0. The van der Waals surface area contributed by atoms with Gasteiger partial charge in [0.25, 0.3) is 5.91 Å². The summed E-state index contributed by atoms with van der Waals surface area (Å²) in [5, 5.41) is 3.99. The van der Waals surface area contributed by atoms with Gasteiger partial charge in [-0.2, -0.15) is 0 Å². The summed E-state index contributed by atoms with van der Waals surface area (Å²) in [6, 6.07) is 3.69. The lowest BCUT2D eigenvalue weighted by atomic mass is 10.2. The number of aryl methyl sites for hydroxylation is 1. The molecule has 0 N–H and O–H groups in total. The largest absolute Gasteiger partial charge is 0.467 e. The SMILES string of the molecule is CCc1nnsc1C(=O)N1CCO[C@H](c2ccco2)C1. The van der Waals surface area contributed by atoms with Gasteiger partial charge in [-0.15, -0.1) is 5.10 Å². The second-order valence-corrected chi connectivity index (χ2v) is 5.28. The van der Waals surface area contributed by atoms with Crippen molar-refractivity contribution in [3.05, 3.63) is 34.7 Å². The highest BCUT2D eigenvalue weighted by Crippen LogP contribution is 2.24. The van der Waals surface area contributed by atoms with E-state index >= 15 is 0 Å². The summed E-state index contributed by atoms with van der Waals surface area (Å²) < 4.78 is 14.9. The van der Waals surface area contributed by atoms with Gasteiger partial charge in [-0.3, -0.25) is 4.79 Å². The van der Waals surface area contributed by atoms with E-state index in [1.165, 1.54) is 0 Å². The summed E-state index contributed by atoms with van der Waals surface area (Å²) in [4.78, 5) is 14.9. The van der Waals surface area contributed by atoms with Crippen LogP contribution in [0, 0.1) is 0 Å². The summed E-state index contributed by atoms with van der Waals surface area (Å²) in [6.45, 7) is 3.55. The van der Waals surface area contributed by atoms with E-state index in [0.29, 0.717) is 31.0 Å². The Balaban J connectivity index is 1.75. The molecule has 1 fully saturated rings. The number of morpholine rings is 1. The Hall–Kier alpha value is -1.73. The quantitative estimate of drug-likeness (QED) is 0.864. The van der Waals surface area contributed by atoms with E-state index in [0.717, 1.165) is 23.0 Å². The zero-order chi connectivity index (χ0) is 13.9. The maximum absolute atomic E-state index is 12.5. The van der Waals surface area contributed by atoms with Crippen LogP contribution in [0.5, 0.6) is 0 Å². The van der Waals surface area contributed by atoms with Crippen LogP contribution in [0.25, 0.3) is 0 Å². The molecule has 106 valence electrons. The van der Waals surface area contributed by atoms with Gasteiger partial charge in [0, 0.05) is 6.54 Å². The van der Waals surface area contributed by atoms with Crippen molar-refractivity contribution in [3.8, 4) is 0 Å². The number of aromatic nitrogens is 2. The molecule has 0 bridgehead atoms. The van der Waals surface area contributed by atoms with E-state index < -0.39 is 0 Å². The first-order chi connectivity index (χ1) is 9.79. The van der Waals surface area contributed by atoms with Gasteiger partial charge in [-0.25, -0.2) is 0 Å². The van der Waals surface area contributed by atoms with E-state index in [9.17, 15) is 4.79 Å². The predicted molar refractivity (Wildman–Crippen MR) is 72.6 cm³/mol. The van der Waals surface area contributed by atoms with Gasteiger partial charge in [0.05, 0.1) is 25.1 Å². The number of rotatable bonds is 3. The third kappa shape index (κ3) is 2.46. The molecule has 0 aromatic carbocycles. The Bertz CT molecular complexity index is 581. The van der Waals surface area contributed by atoms with E-state index in [2.05, 4.69) is 9.59 Å². The van der Waals surface area contributed by atoms with Gasteiger partial charge in [0.15, 0.2) is 0 Å². The second-order valence-electron chi connectivity index (χ2n) is 4.53. The molecule has 1 saturated heterocycles. The summed E-state index contributed by atoms with van der Waals surface area (Å²) in [7, 11) is 0. The molecule has 20 heavy (non-hydrogen) atoms. The third-order valence-electron chi connectivity index (χ3n) is 3.30. The predicted octanol–water partition coefficient (Wildman–Crippen LogP) is 1.91. The number of carbonyl (C=O) groups is 1. The van der Waals surface area contributed by atoms with Crippen molar-refractivity contribution in [2.24, 2.45) is 0 Å². The molecule has 1 aliphatic rings. The second kappa shape index (κ2) is 5.72. The van der Waals surface area contributed by atoms with Crippen molar-refractivity contribution in [2.45, 2.75) is 19.4 Å². The van der Waals surface area contributed by atoms with E-state index in [-0.39, 0.29) is 12.0 Å². The molecule has 0 aliphatic carbocycles. The van der Waals surface area contributed by atoms with Crippen molar-refractivity contribution >= 4 is 17.4 Å². The van der Waals surface area contributed by atoms with Crippen LogP contribution < -0.4 is 0 Å². The number of hydrogen-bond acceptors (Lipinski definition) is 6. The van der Waals surface area contributed by atoms with Crippen LogP contribution in [0.15, 0.2) is 22.8 Å². The standard InChI is InChI=1S/C13H15N3O3S/c1-2-9-12(20-15-14-9)13(17)16-5-7-19-11(8-16)10-4-3-6-18-10/h3-4,6,11H,2,5,7-8H2,1H3/t11-/m0/s1. The highest BCUT2D eigenvalue weighted by atomic mass is 32.1. The average molecular weight is 293 g/mol. The minimum absolute atomic E-state index is 0.0169. The maximum Gasteiger partial charge on any atom is 0.267 e. The van der Waals surface area contributed by atoms with Crippen LogP contribution in [-0.2, 0) is 11.2 Å². The molecule has 6 nitrogen and oxygen atoms in total. The molecule has 1 aliphatic heterocycles. The number of amides is 1. The van der Waals surface area contributed by atoms with E-state index in [4.69, 9.17) is 9.15 Å². The fourth-order valence-electron chi connectivity index (χ4n) is 2.23. The molecular weight excluding hydrogens is 278 g/mol. The molecule has 7 heteroatoms. The van der Waals surface area contributed by atoms with Crippen molar-refractivity contribution in [1.29, 1.82) is 0 Å². The van der Waals surface area contributed by atoms with Crippen molar-refractivity contribution in [2.75, 3.05) is 19.7 Å². The van der Waals surface area contributed by atoms with Gasteiger partial charge < -0.3 is 14.1 Å². The molecule has 0 unspecified atom stereocenters. The van der Waals surface area contributed by atoms with Gasteiger partial charge >= 0.3 is 0 Å². The lowest BCUT2D eigenvalue weighted by molar-refractivity contribution is -0.0320. The fraction of sp³-hybridized carbons (Fsp3) is 0.462. The van der Waals surface area contributed by atoms with E-state index in [1.54, 1.807) is 11.2 Å². The lowest BCUT2D eigenvalue weighted by Gasteiger charge is -2.31. The summed E-state index contributed by atoms with van der Waals surface area (Å²) in [5.41, 5.74) is 0.765. The topological polar surface area (TPSA) is 68.5 Å². The Morgan fingerprint density at radius 1 is 1.60 bits per heavy atom. The number of nitrogens with zero attached hydrogens (tertiary/aromatic N) is 3. The van der Waals surface area contributed by atoms with Crippen molar-refractivity contribution in [1.82, 2.24) is 14.5 Å². The summed E-state index contributed by atoms with van der Waals surface area (Å²) >= 11 is 1.16. The first kappa shape index (κ1) is 13.3. The van der Waals surface area contributed by atoms with Crippen LogP contribution in [0.3, 0.4) is 0 Å². The minimum atomic E-state index is -0.200. The zero-order valence-electron chi connectivity index (χ0n) is 11.1. The molecule has 0 radical (unpaired) electrons. The first-order valence-corrected chi connectivity index (χ1v) is 7.32. The highest BCUT2D eigenvalue weighted by molar-refractivity contribution is 7.08. The van der Waals surface area contributed by atoms with Gasteiger partial charge in [0.2, 0.25) is 0 Å². The Labute approximate surface area is 120 Å².